The number of aliphatic hydroxyl groups excluding tert-OH is 1. The maximum atomic E-state index is 10.9. The summed E-state index contributed by atoms with van der Waals surface area (Å²) in [4.78, 5) is 27.6. The second-order valence-corrected chi connectivity index (χ2v) is 5.52. The van der Waals surface area contributed by atoms with Crippen molar-refractivity contribution in [2.24, 2.45) is 0 Å². The third-order valence-electron chi connectivity index (χ3n) is 3.70. The molecule has 0 atom stereocenters. The van der Waals surface area contributed by atoms with Gasteiger partial charge in [-0.2, -0.15) is 0 Å². The maximum Gasteiger partial charge on any atom is 0.317 e. The van der Waals surface area contributed by atoms with Crippen LogP contribution in [0, 0.1) is 0 Å². The molecule has 134 valence electrons. The van der Waals surface area contributed by atoms with Crippen molar-refractivity contribution in [3.63, 3.8) is 0 Å². The molecule has 23 heavy (non-hydrogen) atoms. The van der Waals surface area contributed by atoms with Gasteiger partial charge in [-0.1, -0.05) is 0 Å². The maximum absolute atomic E-state index is 10.9. The Hall–Kier alpha value is -1.26. The Morgan fingerprint density at radius 1 is 0.783 bits per heavy atom. The SMILES string of the molecule is O=C(O)CN1CCN(CCOCCO)CCN(CC(=O)O)CC1. The summed E-state index contributed by atoms with van der Waals surface area (Å²) in [6.07, 6.45) is 0. The molecule has 9 heteroatoms. The summed E-state index contributed by atoms with van der Waals surface area (Å²) in [6, 6.07) is 0. The molecule has 0 aromatic rings. The minimum absolute atomic E-state index is 0.0151. The lowest BCUT2D eigenvalue weighted by Crippen LogP contribution is -2.40. The van der Waals surface area contributed by atoms with Crippen LogP contribution in [0.25, 0.3) is 0 Å². The van der Waals surface area contributed by atoms with E-state index in [9.17, 15) is 9.59 Å². The van der Waals surface area contributed by atoms with Crippen molar-refractivity contribution < 1.29 is 29.6 Å². The first-order valence-electron chi connectivity index (χ1n) is 7.80. The van der Waals surface area contributed by atoms with Gasteiger partial charge in [-0.25, -0.2) is 0 Å². The van der Waals surface area contributed by atoms with Gasteiger partial charge in [0.15, 0.2) is 0 Å². The highest BCUT2D eigenvalue weighted by Gasteiger charge is 2.19. The quantitative estimate of drug-likeness (QED) is 0.416. The van der Waals surface area contributed by atoms with Crippen LogP contribution in [-0.4, -0.2) is 121 Å². The molecule has 0 aliphatic carbocycles. The molecule has 0 amide bonds. The van der Waals surface area contributed by atoms with Gasteiger partial charge in [-0.3, -0.25) is 24.3 Å². The van der Waals surface area contributed by atoms with Gasteiger partial charge < -0.3 is 20.1 Å². The molecule has 0 bridgehead atoms. The number of carbonyl (C=O) groups is 2. The molecule has 3 N–H and O–H groups in total. The fourth-order valence-corrected chi connectivity index (χ4v) is 2.47. The molecular weight excluding hydrogens is 306 g/mol. The number of hydrogen-bond acceptors (Lipinski definition) is 7. The van der Waals surface area contributed by atoms with Gasteiger partial charge in [0.1, 0.15) is 0 Å². The summed E-state index contributed by atoms with van der Waals surface area (Å²) < 4.78 is 5.26. The second kappa shape index (κ2) is 11.3. The van der Waals surface area contributed by atoms with Crippen molar-refractivity contribution >= 4 is 11.9 Å². The number of aliphatic carboxylic acids is 2. The van der Waals surface area contributed by atoms with E-state index in [1.165, 1.54) is 0 Å². The van der Waals surface area contributed by atoms with E-state index in [1.807, 2.05) is 9.80 Å². The van der Waals surface area contributed by atoms with Crippen LogP contribution in [0.1, 0.15) is 0 Å². The van der Waals surface area contributed by atoms with Crippen LogP contribution in [0.5, 0.6) is 0 Å². The van der Waals surface area contributed by atoms with E-state index < -0.39 is 11.9 Å². The Labute approximate surface area is 136 Å². The molecule has 1 aliphatic rings. The molecule has 1 heterocycles. The Bertz CT molecular complexity index is 340. The fourth-order valence-electron chi connectivity index (χ4n) is 2.47. The standard InChI is InChI=1S/C14H27N3O6/c18-8-10-23-9-7-15-1-3-16(11-13(19)20)5-6-17(4-2-15)12-14(21)22/h18H,1-12H2,(H,19,20)(H,21,22). The van der Waals surface area contributed by atoms with Gasteiger partial charge in [-0.15, -0.1) is 0 Å². The second-order valence-electron chi connectivity index (χ2n) is 5.52. The van der Waals surface area contributed by atoms with Crippen molar-refractivity contribution in [1.29, 1.82) is 0 Å². The predicted molar refractivity (Wildman–Crippen MR) is 82.5 cm³/mol. The zero-order chi connectivity index (χ0) is 17.1. The van der Waals surface area contributed by atoms with Crippen molar-refractivity contribution in [3.8, 4) is 0 Å². The molecule has 0 aromatic heterocycles. The van der Waals surface area contributed by atoms with E-state index in [1.54, 1.807) is 0 Å². The summed E-state index contributed by atoms with van der Waals surface area (Å²) in [7, 11) is 0. The van der Waals surface area contributed by atoms with Crippen molar-refractivity contribution in [2.45, 2.75) is 0 Å². The monoisotopic (exact) mass is 333 g/mol. The van der Waals surface area contributed by atoms with Gasteiger partial charge >= 0.3 is 11.9 Å². The van der Waals surface area contributed by atoms with Crippen LogP contribution < -0.4 is 0 Å². The Balaban J connectivity index is 2.56. The van der Waals surface area contributed by atoms with E-state index in [2.05, 4.69) is 4.90 Å². The lowest BCUT2D eigenvalue weighted by Gasteiger charge is -2.24. The molecule has 1 fully saturated rings. The first-order chi connectivity index (χ1) is 11.0. The molecule has 0 radical (unpaired) electrons. The molecule has 0 saturated carbocycles. The van der Waals surface area contributed by atoms with Crippen LogP contribution in [-0.2, 0) is 14.3 Å². The summed E-state index contributed by atoms with van der Waals surface area (Å²) >= 11 is 0. The number of ether oxygens (including phenoxy) is 1. The van der Waals surface area contributed by atoms with Gasteiger partial charge in [0.05, 0.1) is 32.9 Å². The molecule has 1 saturated heterocycles. The third kappa shape index (κ3) is 9.47. The first kappa shape index (κ1) is 19.8. The van der Waals surface area contributed by atoms with Crippen LogP contribution in [0.3, 0.4) is 0 Å². The van der Waals surface area contributed by atoms with Gasteiger partial charge in [-0.05, 0) is 0 Å². The zero-order valence-corrected chi connectivity index (χ0v) is 13.4. The smallest absolute Gasteiger partial charge is 0.317 e. The molecule has 0 aromatic carbocycles. The highest BCUT2D eigenvalue weighted by atomic mass is 16.5. The number of aliphatic hydroxyl groups is 1. The Morgan fingerprint density at radius 2 is 1.22 bits per heavy atom. The van der Waals surface area contributed by atoms with Crippen molar-refractivity contribution in [1.82, 2.24) is 14.7 Å². The summed E-state index contributed by atoms with van der Waals surface area (Å²) in [6.45, 7) is 5.06. The number of hydrogen-bond donors (Lipinski definition) is 3. The van der Waals surface area contributed by atoms with Crippen LogP contribution in [0.4, 0.5) is 0 Å². The van der Waals surface area contributed by atoms with Crippen LogP contribution >= 0.6 is 0 Å². The van der Waals surface area contributed by atoms with Crippen LogP contribution in [0.2, 0.25) is 0 Å². The number of rotatable bonds is 9. The third-order valence-corrected chi connectivity index (χ3v) is 3.70. The molecule has 0 unspecified atom stereocenters. The van der Waals surface area contributed by atoms with Crippen molar-refractivity contribution in [2.75, 3.05) is 78.7 Å². The van der Waals surface area contributed by atoms with Crippen LogP contribution in [0.15, 0.2) is 0 Å². The molecule has 0 spiro atoms. The van der Waals surface area contributed by atoms with E-state index in [0.29, 0.717) is 59.0 Å². The van der Waals surface area contributed by atoms with E-state index >= 15 is 0 Å². The lowest BCUT2D eigenvalue weighted by atomic mass is 10.4. The first-order valence-corrected chi connectivity index (χ1v) is 7.80. The summed E-state index contributed by atoms with van der Waals surface area (Å²) in [5.41, 5.74) is 0. The predicted octanol–water partition coefficient (Wildman–Crippen LogP) is -1.92. The molecule has 9 nitrogen and oxygen atoms in total. The zero-order valence-electron chi connectivity index (χ0n) is 13.4. The van der Waals surface area contributed by atoms with Gasteiger partial charge in [0, 0.05) is 45.8 Å². The van der Waals surface area contributed by atoms with Gasteiger partial charge in [0.2, 0.25) is 0 Å². The highest BCUT2D eigenvalue weighted by Crippen LogP contribution is 2.01. The minimum Gasteiger partial charge on any atom is -0.480 e. The molecule has 1 rings (SSSR count). The normalized spacial score (nSPS) is 19.0. The van der Waals surface area contributed by atoms with E-state index in [4.69, 9.17) is 20.1 Å². The minimum atomic E-state index is -0.883. The average Bonchev–Trinajstić information content (AvgIpc) is 2.56. The lowest BCUT2D eigenvalue weighted by molar-refractivity contribution is -0.140. The highest BCUT2D eigenvalue weighted by molar-refractivity contribution is 5.69. The Morgan fingerprint density at radius 3 is 1.61 bits per heavy atom. The summed E-state index contributed by atoms with van der Waals surface area (Å²) in [5, 5.41) is 26.6. The number of carboxylic acid groups (broad SMARTS) is 2. The van der Waals surface area contributed by atoms with Gasteiger partial charge in [0.25, 0.3) is 0 Å². The number of nitrogens with zero attached hydrogens (tertiary/aromatic N) is 3. The largest absolute Gasteiger partial charge is 0.480 e. The number of carboxylic acids is 2. The van der Waals surface area contributed by atoms with Crippen molar-refractivity contribution in [3.05, 3.63) is 0 Å². The topological polar surface area (TPSA) is 114 Å². The average molecular weight is 333 g/mol. The fraction of sp³-hybridized carbons (Fsp3) is 0.857. The Kier molecular flexibility index (Phi) is 9.72. The summed E-state index contributed by atoms with van der Waals surface area (Å²) in [5.74, 6) is -1.77. The van der Waals surface area contributed by atoms with E-state index in [0.717, 1.165) is 0 Å². The molecular formula is C14H27N3O6. The van der Waals surface area contributed by atoms with E-state index in [-0.39, 0.29) is 19.7 Å². The molecule has 1 aliphatic heterocycles.